The molecule has 2 N–H and O–H groups in total. The number of hydrogen-bond donors (Lipinski definition) is 2. The molecule has 1 aromatic carbocycles. The van der Waals surface area contributed by atoms with E-state index in [0.29, 0.717) is 10.6 Å². The van der Waals surface area contributed by atoms with Crippen LogP contribution >= 0.6 is 11.6 Å². The maximum atomic E-state index is 12.2. The lowest BCUT2D eigenvalue weighted by Crippen LogP contribution is -2.44. The second kappa shape index (κ2) is 5.79. The van der Waals surface area contributed by atoms with Crippen molar-refractivity contribution in [3.05, 3.63) is 28.8 Å². The molecule has 0 fully saturated rings. The SMILES string of the molecule is Cc1ccc(Cl)cc1S(=O)(=O)NCC(C)(O)C(C)C. The molecular formula is C13H20ClNO3S. The van der Waals surface area contributed by atoms with E-state index in [-0.39, 0.29) is 17.4 Å². The Kier molecular flexibility index (Phi) is 5.01. The van der Waals surface area contributed by atoms with E-state index in [4.69, 9.17) is 11.6 Å². The fourth-order valence-electron chi connectivity index (χ4n) is 1.39. The predicted octanol–water partition coefficient (Wildman–Crippen LogP) is 2.33. The van der Waals surface area contributed by atoms with Gasteiger partial charge in [0, 0.05) is 11.6 Å². The number of hydrogen-bond acceptors (Lipinski definition) is 3. The normalized spacial score (nSPS) is 15.5. The van der Waals surface area contributed by atoms with Crippen LogP contribution in [0.25, 0.3) is 0 Å². The number of benzene rings is 1. The Morgan fingerprint density at radius 1 is 1.42 bits per heavy atom. The summed E-state index contributed by atoms with van der Waals surface area (Å²) in [4.78, 5) is 0.138. The Bertz CT molecular complexity index is 553. The van der Waals surface area contributed by atoms with Crippen molar-refractivity contribution < 1.29 is 13.5 Å². The van der Waals surface area contributed by atoms with Crippen molar-refractivity contribution in [2.45, 2.75) is 38.2 Å². The lowest BCUT2D eigenvalue weighted by molar-refractivity contribution is 0.0190. The van der Waals surface area contributed by atoms with Gasteiger partial charge in [-0.05, 0) is 37.5 Å². The average Bonchev–Trinajstić information content (AvgIpc) is 2.30. The van der Waals surface area contributed by atoms with Gasteiger partial charge >= 0.3 is 0 Å². The Morgan fingerprint density at radius 3 is 2.53 bits per heavy atom. The molecule has 1 rings (SSSR count). The summed E-state index contributed by atoms with van der Waals surface area (Å²) in [6.45, 7) is 6.92. The summed E-state index contributed by atoms with van der Waals surface area (Å²) in [5, 5.41) is 10.4. The van der Waals surface area contributed by atoms with Gasteiger partial charge in [-0.1, -0.05) is 31.5 Å². The minimum Gasteiger partial charge on any atom is -0.389 e. The highest BCUT2D eigenvalue weighted by molar-refractivity contribution is 7.89. The third-order valence-corrected chi connectivity index (χ3v) is 5.08. The molecule has 0 amide bonds. The molecule has 0 aliphatic carbocycles. The second-order valence-corrected chi connectivity index (χ2v) is 7.42. The van der Waals surface area contributed by atoms with E-state index in [1.807, 2.05) is 13.8 Å². The van der Waals surface area contributed by atoms with E-state index in [0.717, 1.165) is 0 Å². The maximum Gasteiger partial charge on any atom is 0.240 e. The number of aryl methyl sites for hydroxylation is 1. The van der Waals surface area contributed by atoms with Crippen molar-refractivity contribution >= 4 is 21.6 Å². The number of nitrogens with one attached hydrogen (secondary N) is 1. The lowest BCUT2D eigenvalue weighted by Gasteiger charge is -2.27. The van der Waals surface area contributed by atoms with Crippen LogP contribution in [0.3, 0.4) is 0 Å². The smallest absolute Gasteiger partial charge is 0.240 e. The summed E-state index contributed by atoms with van der Waals surface area (Å²) in [7, 11) is -3.67. The van der Waals surface area contributed by atoms with E-state index in [1.54, 1.807) is 26.0 Å². The number of sulfonamides is 1. The molecule has 0 aromatic heterocycles. The van der Waals surface area contributed by atoms with Gasteiger partial charge in [-0.3, -0.25) is 0 Å². The topological polar surface area (TPSA) is 66.4 Å². The number of aliphatic hydroxyl groups is 1. The van der Waals surface area contributed by atoms with E-state index in [9.17, 15) is 13.5 Å². The highest BCUT2D eigenvalue weighted by Gasteiger charge is 2.28. The van der Waals surface area contributed by atoms with Gasteiger partial charge in [-0.2, -0.15) is 0 Å². The summed E-state index contributed by atoms with van der Waals surface area (Å²) in [6.07, 6.45) is 0. The van der Waals surface area contributed by atoms with Gasteiger partial charge in [-0.25, -0.2) is 13.1 Å². The first-order valence-corrected chi connectivity index (χ1v) is 7.90. The Morgan fingerprint density at radius 2 is 2.00 bits per heavy atom. The summed E-state index contributed by atoms with van der Waals surface area (Å²) in [6, 6.07) is 4.70. The largest absolute Gasteiger partial charge is 0.389 e. The van der Waals surface area contributed by atoms with Crippen molar-refractivity contribution in [3.8, 4) is 0 Å². The molecule has 0 radical (unpaired) electrons. The van der Waals surface area contributed by atoms with Crippen LogP contribution in [0.4, 0.5) is 0 Å². The minimum atomic E-state index is -3.67. The minimum absolute atomic E-state index is 0.0427. The quantitative estimate of drug-likeness (QED) is 0.877. The molecule has 1 atom stereocenters. The molecule has 108 valence electrons. The standard InChI is InChI=1S/C13H20ClNO3S/c1-9(2)13(4,16)8-15-19(17,18)12-7-11(14)6-5-10(12)3/h5-7,9,15-16H,8H2,1-4H3. The van der Waals surface area contributed by atoms with Crippen LogP contribution in [0.5, 0.6) is 0 Å². The summed E-state index contributed by atoms with van der Waals surface area (Å²) in [5.74, 6) is -0.0596. The predicted molar refractivity (Wildman–Crippen MR) is 76.8 cm³/mol. The fraction of sp³-hybridized carbons (Fsp3) is 0.538. The van der Waals surface area contributed by atoms with Crippen molar-refractivity contribution in [2.24, 2.45) is 5.92 Å². The van der Waals surface area contributed by atoms with E-state index < -0.39 is 15.6 Å². The second-order valence-electron chi connectivity index (χ2n) is 5.25. The summed E-state index contributed by atoms with van der Waals surface area (Å²) >= 11 is 5.82. The molecule has 0 aliphatic rings. The van der Waals surface area contributed by atoms with Crippen LogP contribution in [0.2, 0.25) is 5.02 Å². The first-order valence-electron chi connectivity index (χ1n) is 6.04. The Labute approximate surface area is 119 Å². The van der Waals surface area contributed by atoms with Crippen molar-refractivity contribution in [1.29, 1.82) is 0 Å². The summed E-state index contributed by atoms with van der Waals surface area (Å²) in [5.41, 5.74) is -0.486. The van der Waals surface area contributed by atoms with Gasteiger partial charge in [0.1, 0.15) is 0 Å². The van der Waals surface area contributed by atoms with Crippen molar-refractivity contribution in [2.75, 3.05) is 6.54 Å². The Balaban J connectivity index is 2.97. The van der Waals surface area contributed by atoms with Crippen LogP contribution in [0.1, 0.15) is 26.3 Å². The third-order valence-electron chi connectivity index (χ3n) is 3.30. The van der Waals surface area contributed by atoms with Crippen LogP contribution < -0.4 is 4.72 Å². The summed E-state index contributed by atoms with van der Waals surface area (Å²) < 4.78 is 26.8. The first kappa shape index (κ1) is 16.4. The zero-order valence-corrected chi connectivity index (χ0v) is 13.1. The van der Waals surface area contributed by atoms with Crippen molar-refractivity contribution in [3.63, 3.8) is 0 Å². The van der Waals surface area contributed by atoms with Gasteiger partial charge in [0.05, 0.1) is 10.5 Å². The lowest BCUT2D eigenvalue weighted by atomic mass is 9.93. The molecule has 0 heterocycles. The van der Waals surface area contributed by atoms with Crippen LogP contribution in [-0.2, 0) is 10.0 Å². The molecule has 1 unspecified atom stereocenters. The fourth-order valence-corrected chi connectivity index (χ4v) is 3.04. The highest BCUT2D eigenvalue weighted by Crippen LogP contribution is 2.21. The van der Waals surface area contributed by atoms with Crippen LogP contribution in [-0.4, -0.2) is 25.7 Å². The molecule has 6 heteroatoms. The van der Waals surface area contributed by atoms with Gasteiger partial charge in [0.25, 0.3) is 0 Å². The number of halogens is 1. The van der Waals surface area contributed by atoms with Crippen LogP contribution in [0, 0.1) is 12.8 Å². The highest BCUT2D eigenvalue weighted by atomic mass is 35.5. The van der Waals surface area contributed by atoms with E-state index in [2.05, 4.69) is 4.72 Å². The molecular weight excluding hydrogens is 286 g/mol. The van der Waals surface area contributed by atoms with Gasteiger partial charge in [-0.15, -0.1) is 0 Å². The molecule has 0 spiro atoms. The van der Waals surface area contributed by atoms with E-state index >= 15 is 0 Å². The molecule has 4 nitrogen and oxygen atoms in total. The molecule has 19 heavy (non-hydrogen) atoms. The average molecular weight is 306 g/mol. The van der Waals surface area contributed by atoms with E-state index in [1.165, 1.54) is 6.07 Å². The molecule has 0 saturated heterocycles. The zero-order valence-electron chi connectivity index (χ0n) is 11.6. The van der Waals surface area contributed by atoms with Crippen LogP contribution in [0.15, 0.2) is 23.1 Å². The van der Waals surface area contributed by atoms with Gasteiger partial charge in [0.2, 0.25) is 10.0 Å². The number of rotatable bonds is 5. The van der Waals surface area contributed by atoms with Gasteiger partial charge < -0.3 is 5.11 Å². The maximum absolute atomic E-state index is 12.2. The van der Waals surface area contributed by atoms with Gasteiger partial charge in [0.15, 0.2) is 0 Å². The van der Waals surface area contributed by atoms with Crippen molar-refractivity contribution in [1.82, 2.24) is 4.72 Å². The molecule has 0 aliphatic heterocycles. The zero-order chi connectivity index (χ0) is 14.8. The molecule has 0 saturated carbocycles. The first-order chi connectivity index (χ1) is 8.56. The monoisotopic (exact) mass is 305 g/mol. The third kappa shape index (κ3) is 4.18. The molecule has 0 bridgehead atoms. The Hall–Kier alpha value is -0.620. The molecule has 1 aromatic rings.